The van der Waals surface area contributed by atoms with Crippen molar-refractivity contribution < 1.29 is 4.79 Å². The summed E-state index contributed by atoms with van der Waals surface area (Å²) < 4.78 is 0. The molecule has 1 atom stereocenters. The molecule has 0 spiro atoms. The minimum atomic E-state index is -0.259. The number of amides is 1. The number of aromatic nitrogens is 2. The van der Waals surface area contributed by atoms with Gasteiger partial charge in [-0.3, -0.25) is 14.9 Å². The number of nitrogens with one attached hydrogen (secondary N) is 2. The monoisotopic (exact) mass is 422 g/mol. The van der Waals surface area contributed by atoms with E-state index >= 15 is 0 Å². The highest BCUT2D eigenvalue weighted by Crippen LogP contribution is 2.34. The van der Waals surface area contributed by atoms with Gasteiger partial charge in [0, 0.05) is 23.7 Å². The Morgan fingerprint density at radius 2 is 2.10 bits per heavy atom. The topological polar surface area (TPSA) is 99.4 Å². The largest absolute Gasteiger partial charge is 0.403 e. The Balaban J connectivity index is 1.71. The number of rotatable bonds is 8. The van der Waals surface area contributed by atoms with Gasteiger partial charge < -0.3 is 16.0 Å². The lowest BCUT2D eigenvalue weighted by Crippen LogP contribution is -2.27. The standard InChI is InChI=1S/C24H34N6O/c1-24(2)12-10-19-21(14-24)28-29-22(19)23(31)27-18(15-25)16-26-20(11-13-30(3)4)17-8-6-5-7-9-17/h5-9,15-16,20H,10-14,25H2,1-4H3,(H,27,31)(H,28,29). The van der Waals surface area contributed by atoms with E-state index in [9.17, 15) is 4.79 Å². The van der Waals surface area contributed by atoms with Crippen molar-refractivity contribution in [2.45, 2.75) is 45.6 Å². The summed E-state index contributed by atoms with van der Waals surface area (Å²) >= 11 is 0. The molecule has 1 amide bonds. The molecule has 1 aliphatic rings. The second kappa shape index (κ2) is 9.92. The van der Waals surface area contributed by atoms with Crippen molar-refractivity contribution >= 4 is 12.1 Å². The van der Waals surface area contributed by atoms with E-state index in [0.717, 1.165) is 49.0 Å². The number of H-pyrrole nitrogens is 1. The lowest BCUT2D eigenvalue weighted by molar-refractivity contribution is 0.0961. The number of benzene rings is 1. The molecule has 1 heterocycles. The lowest BCUT2D eigenvalue weighted by atomic mass is 9.76. The van der Waals surface area contributed by atoms with Gasteiger partial charge in [-0.25, -0.2) is 0 Å². The number of aliphatic imine (C=N–C) groups is 1. The van der Waals surface area contributed by atoms with E-state index in [4.69, 9.17) is 10.7 Å². The van der Waals surface area contributed by atoms with Crippen LogP contribution in [-0.4, -0.2) is 47.9 Å². The highest BCUT2D eigenvalue weighted by Gasteiger charge is 2.30. The minimum absolute atomic E-state index is 0.0178. The van der Waals surface area contributed by atoms with Crippen LogP contribution in [0.15, 0.2) is 47.2 Å². The molecule has 7 nitrogen and oxygen atoms in total. The van der Waals surface area contributed by atoms with Gasteiger partial charge in [-0.05, 0) is 57.3 Å². The number of carbonyl (C=O) groups excluding carboxylic acids is 1. The molecule has 1 unspecified atom stereocenters. The number of hydrogen-bond donors (Lipinski definition) is 3. The van der Waals surface area contributed by atoms with Crippen molar-refractivity contribution in [2.75, 3.05) is 20.6 Å². The molecule has 0 fully saturated rings. The van der Waals surface area contributed by atoms with Gasteiger partial charge in [-0.2, -0.15) is 5.10 Å². The Hall–Kier alpha value is -2.93. The highest BCUT2D eigenvalue weighted by atomic mass is 16.2. The number of aromatic amines is 1. The molecule has 1 aromatic heterocycles. The molecule has 0 aliphatic heterocycles. The van der Waals surface area contributed by atoms with E-state index in [2.05, 4.69) is 46.4 Å². The zero-order chi connectivity index (χ0) is 22.4. The second-order valence-corrected chi connectivity index (χ2v) is 9.24. The molecule has 31 heavy (non-hydrogen) atoms. The fraction of sp³-hybridized carbons (Fsp3) is 0.458. The summed E-state index contributed by atoms with van der Waals surface area (Å²) in [5.74, 6) is -0.259. The van der Waals surface area contributed by atoms with E-state index in [1.165, 1.54) is 6.20 Å². The van der Waals surface area contributed by atoms with E-state index in [1.54, 1.807) is 6.21 Å². The molecule has 1 aliphatic carbocycles. The molecule has 166 valence electrons. The smallest absolute Gasteiger partial charge is 0.276 e. The van der Waals surface area contributed by atoms with Crippen LogP contribution in [0.25, 0.3) is 0 Å². The van der Waals surface area contributed by atoms with Gasteiger partial charge in [-0.15, -0.1) is 0 Å². The van der Waals surface area contributed by atoms with Crippen LogP contribution >= 0.6 is 0 Å². The van der Waals surface area contributed by atoms with E-state index in [-0.39, 0.29) is 17.4 Å². The molecule has 0 saturated carbocycles. The molecule has 0 saturated heterocycles. The molecule has 7 heteroatoms. The average molecular weight is 423 g/mol. The van der Waals surface area contributed by atoms with Crippen molar-refractivity contribution in [3.63, 3.8) is 0 Å². The van der Waals surface area contributed by atoms with Crippen LogP contribution in [0.1, 0.15) is 60.0 Å². The number of carbonyl (C=O) groups is 1. The van der Waals surface area contributed by atoms with Crippen molar-refractivity contribution in [3.05, 3.63) is 64.7 Å². The molecular weight excluding hydrogens is 388 g/mol. The van der Waals surface area contributed by atoms with Gasteiger partial charge in [0.15, 0.2) is 5.69 Å². The predicted molar refractivity (Wildman–Crippen MR) is 125 cm³/mol. The van der Waals surface area contributed by atoms with Crippen LogP contribution in [0.4, 0.5) is 0 Å². The predicted octanol–water partition coefficient (Wildman–Crippen LogP) is 3.22. The number of fused-ring (bicyclic) bond motifs is 1. The third-order valence-corrected chi connectivity index (χ3v) is 5.74. The van der Waals surface area contributed by atoms with Crippen LogP contribution in [0, 0.1) is 5.41 Å². The first-order chi connectivity index (χ1) is 14.8. The zero-order valence-corrected chi connectivity index (χ0v) is 19.0. The molecular formula is C24H34N6O. The quantitative estimate of drug-likeness (QED) is 0.569. The van der Waals surface area contributed by atoms with E-state index < -0.39 is 0 Å². The highest BCUT2D eigenvalue weighted by molar-refractivity contribution is 5.98. The van der Waals surface area contributed by atoms with Crippen molar-refractivity contribution in [1.29, 1.82) is 0 Å². The summed E-state index contributed by atoms with van der Waals surface area (Å²) in [6, 6.07) is 10.1. The molecule has 0 bridgehead atoms. The molecule has 3 rings (SSSR count). The van der Waals surface area contributed by atoms with Crippen LogP contribution in [0.2, 0.25) is 0 Å². The van der Waals surface area contributed by atoms with Gasteiger partial charge >= 0.3 is 0 Å². The second-order valence-electron chi connectivity index (χ2n) is 9.24. The third kappa shape index (κ3) is 6.04. The number of nitrogens with zero attached hydrogens (tertiary/aromatic N) is 3. The maximum absolute atomic E-state index is 12.9. The molecule has 2 aromatic rings. The first kappa shape index (κ1) is 22.7. The van der Waals surface area contributed by atoms with Crippen LogP contribution in [-0.2, 0) is 12.8 Å². The van der Waals surface area contributed by atoms with Crippen molar-refractivity contribution in [2.24, 2.45) is 16.1 Å². The fourth-order valence-electron chi connectivity index (χ4n) is 3.90. The van der Waals surface area contributed by atoms with Gasteiger partial charge in [0.25, 0.3) is 5.91 Å². The van der Waals surface area contributed by atoms with Crippen molar-refractivity contribution in [3.8, 4) is 0 Å². The van der Waals surface area contributed by atoms with E-state index in [0.29, 0.717) is 11.4 Å². The summed E-state index contributed by atoms with van der Waals surface area (Å²) in [5.41, 5.74) is 10.1. The Morgan fingerprint density at radius 1 is 1.35 bits per heavy atom. The zero-order valence-electron chi connectivity index (χ0n) is 19.0. The maximum atomic E-state index is 12.9. The summed E-state index contributed by atoms with van der Waals surface area (Å²) in [4.78, 5) is 19.7. The lowest BCUT2D eigenvalue weighted by Gasteiger charge is -2.28. The van der Waals surface area contributed by atoms with Gasteiger partial charge in [-0.1, -0.05) is 44.2 Å². The first-order valence-electron chi connectivity index (χ1n) is 10.8. The summed E-state index contributed by atoms with van der Waals surface area (Å²) in [5, 5.41) is 10.2. The van der Waals surface area contributed by atoms with Crippen LogP contribution in [0.3, 0.4) is 0 Å². The van der Waals surface area contributed by atoms with Gasteiger partial charge in [0.2, 0.25) is 0 Å². The number of allylic oxidation sites excluding steroid dienone is 1. The summed E-state index contributed by atoms with van der Waals surface area (Å²) in [7, 11) is 4.09. The average Bonchev–Trinajstić information content (AvgIpc) is 3.15. The Labute approximate surface area is 184 Å². The Kier molecular flexibility index (Phi) is 7.28. The number of hydrogen-bond acceptors (Lipinski definition) is 5. The normalized spacial score (nSPS) is 17.0. The summed E-state index contributed by atoms with van der Waals surface area (Å²) in [6.45, 7) is 5.38. The molecule has 1 aromatic carbocycles. The SMILES string of the molecule is CN(C)CCC(N=CC(=CN)NC(=O)c1n[nH]c2c1CCC(C)(C)C2)c1ccccc1. The van der Waals surface area contributed by atoms with Crippen LogP contribution in [0.5, 0.6) is 0 Å². The third-order valence-electron chi connectivity index (χ3n) is 5.74. The van der Waals surface area contributed by atoms with E-state index in [1.807, 2.05) is 32.3 Å². The van der Waals surface area contributed by atoms with Crippen LogP contribution < -0.4 is 11.1 Å². The van der Waals surface area contributed by atoms with Crippen molar-refractivity contribution in [1.82, 2.24) is 20.4 Å². The minimum Gasteiger partial charge on any atom is -0.403 e. The van der Waals surface area contributed by atoms with Gasteiger partial charge in [0.1, 0.15) is 0 Å². The Morgan fingerprint density at radius 3 is 2.77 bits per heavy atom. The van der Waals surface area contributed by atoms with Gasteiger partial charge in [0.05, 0.1) is 11.7 Å². The number of nitrogens with two attached hydrogens (primary N) is 1. The first-order valence-corrected chi connectivity index (χ1v) is 10.8. The Bertz CT molecular complexity index is 942. The molecule has 4 N–H and O–H groups in total. The summed E-state index contributed by atoms with van der Waals surface area (Å²) in [6.07, 6.45) is 6.66. The molecule has 0 radical (unpaired) electrons. The maximum Gasteiger partial charge on any atom is 0.276 e. The fourth-order valence-corrected chi connectivity index (χ4v) is 3.90.